The second-order valence-electron chi connectivity index (χ2n) is 8.31. The van der Waals surface area contributed by atoms with E-state index in [2.05, 4.69) is 44.3 Å². The van der Waals surface area contributed by atoms with Gasteiger partial charge in [0.1, 0.15) is 11.4 Å². The fourth-order valence-electron chi connectivity index (χ4n) is 2.90. The number of fused-ring (bicyclic) bond motifs is 1. The first-order valence-corrected chi connectivity index (χ1v) is 9.14. The Morgan fingerprint density at radius 3 is 2.48 bits per heavy atom. The second-order valence-corrected chi connectivity index (χ2v) is 8.31. The van der Waals surface area contributed by atoms with E-state index in [1.54, 1.807) is 7.11 Å². The van der Waals surface area contributed by atoms with E-state index in [1.807, 2.05) is 27.7 Å². The standard InChI is InChI=1S/C14H20O.C7H15NO2/c1-10-13-6-5-12(15-4)9-11(13)7-8-14(10,2)3;1-5-8-6(9)10-7(2,3)4/h5-6,9-10H,7-8H2,1-4H3;5H2,1-4H3,(H,8,9). The zero-order valence-corrected chi connectivity index (χ0v) is 17.2. The molecule has 142 valence electrons. The number of alkyl carbamates (subject to hydrolysis) is 1. The molecule has 0 radical (unpaired) electrons. The van der Waals surface area contributed by atoms with Gasteiger partial charge in [-0.3, -0.25) is 0 Å². The largest absolute Gasteiger partial charge is 0.497 e. The Morgan fingerprint density at radius 1 is 1.32 bits per heavy atom. The third-order valence-electron chi connectivity index (χ3n) is 4.75. The Balaban J connectivity index is 0.000000275. The second kappa shape index (κ2) is 8.59. The third kappa shape index (κ3) is 6.60. The summed E-state index contributed by atoms with van der Waals surface area (Å²) in [4.78, 5) is 10.7. The van der Waals surface area contributed by atoms with Crippen LogP contribution < -0.4 is 10.1 Å². The molecule has 0 heterocycles. The highest BCUT2D eigenvalue weighted by Crippen LogP contribution is 2.45. The number of carbonyl (C=O) groups excluding carboxylic acids is 1. The van der Waals surface area contributed by atoms with Gasteiger partial charge in [0.2, 0.25) is 0 Å². The van der Waals surface area contributed by atoms with E-state index in [9.17, 15) is 4.79 Å². The average molecular weight is 350 g/mol. The van der Waals surface area contributed by atoms with Gasteiger partial charge in [0.05, 0.1) is 7.11 Å². The van der Waals surface area contributed by atoms with Gasteiger partial charge in [-0.15, -0.1) is 0 Å². The summed E-state index contributed by atoms with van der Waals surface area (Å²) in [6, 6.07) is 6.51. The molecule has 0 saturated heterocycles. The van der Waals surface area contributed by atoms with Crippen molar-refractivity contribution < 1.29 is 14.3 Å². The highest BCUT2D eigenvalue weighted by atomic mass is 16.6. The Bertz CT molecular complexity index is 573. The minimum absolute atomic E-state index is 0.352. The normalized spacial score (nSPS) is 18.3. The molecule has 1 aromatic rings. The van der Waals surface area contributed by atoms with Gasteiger partial charge in [-0.1, -0.05) is 26.8 Å². The molecule has 1 aliphatic carbocycles. The Hall–Kier alpha value is -1.71. The maximum absolute atomic E-state index is 10.7. The van der Waals surface area contributed by atoms with Crippen molar-refractivity contribution in [2.75, 3.05) is 13.7 Å². The van der Waals surface area contributed by atoms with Gasteiger partial charge in [-0.05, 0) is 75.1 Å². The fourth-order valence-corrected chi connectivity index (χ4v) is 2.90. The SMILES string of the molecule is CCNC(=O)OC(C)(C)C.COc1ccc2c(c1)CCC(C)(C)C2C. The minimum Gasteiger partial charge on any atom is -0.497 e. The van der Waals surface area contributed by atoms with Crippen molar-refractivity contribution in [3.63, 3.8) is 0 Å². The van der Waals surface area contributed by atoms with Crippen LogP contribution in [-0.2, 0) is 11.2 Å². The van der Waals surface area contributed by atoms with Crippen molar-refractivity contribution in [3.8, 4) is 5.75 Å². The zero-order chi connectivity index (χ0) is 19.3. The molecule has 1 N–H and O–H groups in total. The molecule has 0 spiro atoms. The number of aryl methyl sites for hydroxylation is 1. The van der Waals surface area contributed by atoms with Gasteiger partial charge < -0.3 is 14.8 Å². The summed E-state index contributed by atoms with van der Waals surface area (Å²) in [6.45, 7) is 15.0. The maximum Gasteiger partial charge on any atom is 0.407 e. The van der Waals surface area contributed by atoms with Crippen LogP contribution in [0.2, 0.25) is 0 Å². The van der Waals surface area contributed by atoms with E-state index in [0.717, 1.165) is 5.75 Å². The summed E-state index contributed by atoms with van der Waals surface area (Å²) in [5, 5.41) is 2.54. The molecule has 1 atom stereocenters. The van der Waals surface area contributed by atoms with Crippen LogP contribution in [-0.4, -0.2) is 25.3 Å². The first-order valence-electron chi connectivity index (χ1n) is 9.14. The van der Waals surface area contributed by atoms with Crippen LogP contribution in [0.1, 0.15) is 71.9 Å². The van der Waals surface area contributed by atoms with E-state index >= 15 is 0 Å². The predicted octanol–water partition coefficient (Wildman–Crippen LogP) is 5.30. The first-order chi connectivity index (χ1) is 11.5. The lowest BCUT2D eigenvalue weighted by Gasteiger charge is -2.38. The van der Waals surface area contributed by atoms with E-state index in [-0.39, 0.29) is 11.7 Å². The van der Waals surface area contributed by atoms with Crippen LogP contribution in [0.3, 0.4) is 0 Å². The monoisotopic (exact) mass is 349 g/mol. The van der Waals surface area contributed by atoms with Crippen LogP contribution in [0.15, 0.2) is 18.2 Å². The van der Waals surface area contributed by atoms with E-state index in [1.165, 1.54) is 24.0 Å². The molecular weight excluding hydrogens is 314 g/mol. The number of amides is 1. The predicted molar refractivity (Wildman–Crippen MR) is 103 cm³/mol. The van der Waals surface area contributed by atoms with E-state index in [4.69, 9.17) is 9.47 Å². The van der Waals surface area contributed by atoms with Crippen LogP contribution in [0, 0.1) is 5.41 Å². The topological polar surface area (TPSA) is 47.6 Å². The van der Waals surface area contributed by atoms with Gasteiger partial charge >= 0.3 is 6.09 Å². The fraction of sp³-hybridized carbons (Fsp3) is 0.667. The smallest absolute Gasteiger partial charge is 0.407 e. The van der Waals surface area contributed by atoms with Crippen molar-refractivity contribution in [1.29, 1.82) is 0 Å². The van der Waals surface area contributed by atoms with Crippen molar-refractivity contribution in [3.05, 3.63) is 29.3 Å². The molecule has 0 fully saturated rings. The highest BCUT2D eigenvalue weighted by Gasteiger charge is 2.32. The van der Waals surface area contributed by atoms with Crippen LogP contribution in [0.4, 0.5) is 4.79 Å². The van der Waals surface area contributed by atoms with Gasteiger partial charge in [-0.25, -0.2) is 4.79 Å². The van der Waals surface area contributed by atoms with Crippen molar-refractivity contribution in [2.45, 2.75) is 72.8 Å². The van der Waals surface area contributed by atoms with E-state index < -0.39 is 0 Å². The van der Waals surface area contributed by atoms with Gasteiger partial charge in [0.15, 0.2) is 0 Å². The molecule has 2 rings (SSSR count). The lowest BCUT2D eigenvalue weighted by atomic mass is 9.67. The summed E-state index contributed by atoms with van der Waals surface area (Å²) >= 11 is 0. The molecular formula is C21H35NO3. The van der Waals surface area contributed by atoms with Crippen LogP contribution in [0.5, 0.6) is 5.75 Å². The lowest BCUT2D eigenvalue weighted by Crippen LogP contribution is -2.32. The van der Waals surface area contributed by atoms with Crippen LogP contribution >= 0.6 is 0 Å². The lowest BCUT2D eigenvalue weighted by molar-refractivity contribution is 0.0531. The summed E-state index contributed by atoms with van der Waals surface area (Å²) in [6.07, 6.45) is 2.10. The van der Waals surface area contributed by atoms with Crippen molar-refractivity contribution in [2.24, 2.45) is 5.41 Å². The number of carbonyl (C=O) groups is 1. The first kappa shape index (κ1) is 21.3. The molecule has 0 aliphatic heterocycles. The van der Waals surface area contributed by atoms with Gasteiger partial charge in [0.25, 0.3) is 0 Å². The maximum atomic E-state index is 10.7. The molecule has 1 unspecified atom stereocenters. The molecule has 0 saturated carbocycles. The Kier molecular flexibility index (Phi) is 7.33. The number of methoxy groups -OCH3 is 1. The number of hydrogen-bond donors (Lipinski definition) is 1. The molecule has 4 heteroatoms. The van der Waals surface area contributed by atoms with Gasteiger partial charge in [0, 0.05) is 6.54 Å². The van der Waals surface area contributed by atoms with Crippen molar-refractivity contribution >= 4 is 6.09 Å². The zero-order valence-electron chi connectivity index (χ0n) is 17.2. The number of ether oxygens (including phenoxy) is 2. The van der Waals surface area contributed by atoms with Crippen molar-refractivity contribution in [1.82, 2.24) is 5.32 Å². The summed E-state index contributed by atoms with van der Waals surface area (Å²) in [5.41, 5.74) is 3.02. The highest BCUT2D eigenvalue weighted by molar-refractivity contribution is 5.67. The van der Waals surface area contributed by atoms with E-state index in [0.29, 0.717) is 17.9 Å². The van der Waals surface area contributed by atoms with Gasteiger partial charge in [-0.2, -0.15) is 0 Å². The molecule has 1 aromatic carbocycles. The Morgan fingerprint density at radius 2 is 1.96 bits per heavy atom. The molecule has 0 bridgehead atoms. The molecule has 4 nitrogen and oxygen atoms in total. The molecule has 1 amide bonds. The molecule has 25 heavy (non-hydrogen) atoms. The summed E-state index contributed by atoms with van der Waals surface area (Å²) in [7, 11) is 1.73. The summed E-state index contributed by atoms with van der Waals surface area (Å²) < 4.78 is 10.2. The number of nitrogens with one attached hydrogen (secondary N) is 1. The number of rotatable bonds is 2. The Labute approximate surface area is 153 Å². The summed E-state index contributed by atoms with van der Waals surface area (Å²) in [5.74, 6) is 1.63. The quantitative estimate of drug-likeness (QED) is 0.788. The third-order valence-corrected chi connectivity index (χ3v) is 4.75. The number of benzene rings is 1. The number of hydrogen-bond acceptors (Lipinski definition) is 3. The molecule has 0 aromatic heterocycles. The minimum atomic E-state index is -0.390. The van der Waals surface area contributed by atoms with Crippen LogP contribution in [0.25, 0.3) is 0 Å². The molecule has 1 aliphatic rings. The average Bonchev–Trinajstić information content (AvgIpc) is 2.50.